The Kier molecular flexibility index (Phi) is 12.9. The van der Waals surface area contributed by atoms with Crippen LogP contribution in [0.25, 0.3) is 10.9 Å². The minimum atomic E-state index is -1.12. The molecule has 1 aromatic heterocycles. The highest BCUT2D eigenvalue weighted by Gasteiger charge is 2.22. The summed E-state index contributed by atoms with van der Waals surface area (Å²) in [5, 5.41) is 15.7. The average Bonchev–Trinajstić information content (AvgIpc) is 2.83. The van der Waals surface area contributed by atoms with Crippen LogP contribution in [0.4, 0.5) is 15.9 Å². The molecule has 1 fully saturated rings. The highest BCUT2D eigenvalue weighted by Crippen LogP contribution is 2.27. The Bertz CT molecular complexity index is 1320. The van der Waals surface area contributed by atoms with Crippen molar-refractivity contribution < 1.29 is 23.9 Å². The van der Waals surface area contributed by atoms with E-state index in [0.717, 1.165) is 0 Å². The number of aromatic carboxylic acids is 1. The van der Waals surface area contributed by atoms with Crippen molar-refractivity contribution in [1.29, 1.82) is 0 Å². The van der Waals surface area contributed by atoms with Gasteiger partial charge in [-0.3, -0.25) is 14.5 Å². The second-order valence-electron chi connectivity index (χ2n) is 8.98. The standard InChI is InChI=1S/C26H28FN5O4.3ClH/c1-16(2)28-24(33)15-31-9-11-32(12-10-31)23-14-20(26(35)36)19-13-17(7-8-22(19)30-23)29-25(34)18-5-3-4-6-21(18)27;;;/h3-8,13-14,16H,9-12,15H2,1-2H3,(H,28,33)(H,29,34)(H,35,36);3*1H. The number of carbonyl (C=O) groups excluding carboxylic acids is 2. The SMILES string of the molecule is CC(C)NC(=O)CN1CCN(c2cc(C(=O)O)c3cc(NC(=O)c4ccccc4F)ccc3n2)CC1.Cl.Cl.Cl. The Labute approximate surface area is 244 Å². The predicted octanol–water partition coefficient (Wildman–Crippen LogP) is 4.24. The molecule has 0 atom stereocenters. The highest BCUT2D eigenvalue weighted by molar-refractivity contribution is 6.08. The number of carboxylic acids is 1. The molecule has 0 unspecified atom stereocenters. The van der Waals surface area contributed by atoms with Gasteiger partial charge in [0.25, 0.3) is 5.91 Å². The number of aromatic nitrogens is 1. The molecule has 1 aliphatic rings. The minimum Gasteiger partial charge on any atom is -0.478 e. The molecule has 0 aliphatic carbocycles. The zero-order chi connectivity index (χ0) is 25.8. The molecule has 212 valence electrons. The summed E-state index contributed by atoms with van der Waals surface area (Å²) < 4.78 is 13.9. The van der Waals surface area contributed by atoms with E-state index in [0.29, 0.717) is 55.1 Å². The van der Waals surface area contributed by atoms with Gasteiger partial charge in [-0.25, -0.2) is 14.2 Å². The number of benzene rings is 2. The number of nitrogens with one attached hydrogen (secondary N) is 2. The van der Waals surface area contributed by atoms with Crippen LogP contribution in [-0.4, -0.2) is 71.5 Å². The number of piperazine rings is 1. The Hall–Kier alpha value is -3.18. The van der Waals surface area contributed by atoms with E-state index in [1.54, 1.807) is 18.2 Å². The van der Waals surface area contributed by atoms with E-state index < -0.39 is 17.7 Å². The first-order chi connectivity index (χ1) is 17.2. The van der Waals surface area contributed by atoms with Crippen molar-refractivity contribution in [2.24, 2.45) is 0 Å². The van der Waals surface area contributed by atoms with Crippen molar-refractivity contribution in [3.8, 4) is 0 Å². The van der Waals surface area contributed by atoms with Crippen LogP contribution in [0.5, 0.6) is 0 Å². The molecule has 0 saturated carbocycles. The molecule has 9 nitrogen and oxygen atoms in total. The number of rotatable bonds is 7. The predicted molar refractivity (Wildman–Crippen MR) is 157 cm³/mol. The molecule has 1 saturated heterocycles. The lowest BCUT2D eigenvalue weighted by molar-refractivity contribution is -0.122. The van der Waals surface area contributed by atoms with E-state index in [2.05, 4.69) is 20.5 Å². The minimum absolute atomic E-state index is 0. The first-order valence-electron chi connectivity index (χ1n) is 11.7. The van der Waals surface area contributed by atoms with Gasteiger partial charge in [-0.05, 0) is 50.2 Å². The largest absolute Gasteiger partial charge is 0.478 e. The van der Waals surface area contributed by atoms with Gasteiger partial charge in [0.15, 0.2) is 0 Å². The lowest BCUT2D eigenvalue weighted by Gasteiger charge is -2.35. The summed E-state index contributed by atoms with van der Waals surface area (Å²) in [4.78, 5) is 45.3. The van der Waals surface area contributed by atoms with Gasteiger partial charge in [0.2, 0.25) is 5.91 Å². The van der Waals surface area contributed by atoms with Crippen LogP contribution < -0.4 is 15.5 Å². The van der Waals surface area contributed by atoms with E-state index in [-0.39, 0.29) is 60.3 Å². The molecule has 2 heterocycles. The Morgan fingerprint density at radius 1 is 0.974 bits per heavy atom. The molecule has 39 heavy (non-hydrogen) atoms. The topological polar surface area (TPSA) is 115 Å². The van der Waals surface area contributed by atoms with Gasteiger partial charge in [0.05, 0.1) is 23.2 Å². The molecule has 1 aliphatic heterocycles. The van der Waals surface area contributed by atoms with Gasteiger partial charge in [-0.15, -0.1) is 37.2 Å². The van der Waals surface area contributed by atoms with Gasteiger partial charge in [-0.1, -0.05) is 12.1 Å². The second-order valence-corrected chi connectivity index (χ2v) is 8.98. The zero-order valence-corrected chi connectivity index (χ0v) is 23.8. The molecule has 0 radical (unpaired) electrons. The molecule has 13 heteroatoms. The number of fused-ring (bicyclic) bond motifs is 1. The van der Waals surface area contributed by atoms with Crippen LogP contribution in [0, 0.1) is 5.82 Å². The number of amides is 2. The number of carboxylic acid groups (broad SMARTS) is 1. The number of hydrogen-bond acceptors (Lipinski definition) is 6. The van der Waals surface area contributed by atoms with Crippen LogP contribution in [0.2, 0.25) is 0 Å². The zero-order valence-electron chi connectivity index (χ0n) is 21.3. The summed E-state index contributed by atoms with van der Waals surface area (Å²) in [6, 6.07) is 12.0. The lowest BCUT2D eigenvalue weighted by atomic mass is 10.1. The van der Waals surface area contributed by atoms with Gasteiger partial charge >= 0.3 is 5.97 Å². The summed E-state index contributed by atoms with van der Waals surface area (Å²) in [5.41, 5.74) is 0.745. The summed E-state index contributed by atoms with van der Waals surface area (Å²) in [7, 11) is 0. The lowest BCUT2D eigenvalue weighted by Crippen LogP contribution is -2.50. The van der Waals surface area contributed by atoms with Crippen molar-refractivity contribution in [2.45, 2.75) is 19.9 Å². The summed E-state index contributed by atoms with van der Waals surface area (Å²) in [6.07, 6.45) is 0. The molecule has 2 amide bonds. The van der Waals surface area contributed by atoms with Crippen LogP contribution in [0.1, 0.15) is 34.6 Å². The Balaban J connectivity index is 0.00000253. The maximum atomic E-state index is 13.9. The maximum Gasteiger partial charge on any atom is 0.336 e. The monoisotopic (exact) mass is 601 g/mol. The van der Waals surface area contributed by atoms with Crippen molar-refractivity contribution >= 4 is 77.4 Å². The van der Waals surface area contributed by atoms with Crippen molar-refractivity contribution in [1.82, 2.24) is 15.2 Å². The maximum absolute atomic E-state index is 13.9. The van der Waals surface area contributed by atoms with Gasteiger partial charge < -0.3 is 20.6 Å². The molecule has 3 N–H and O–H groups in total. The molecular weight excluding hydrogens is 572 g/mol. The first kappa shape index (κ1) is 33.8. The van der Waals surface area contributed by atoms with Gasteiger partial charge in [0.1, 0.15) is 11.6 Å². The quantitative estimate of drug-likeness (QED) is 0.371. The Morgan fingerprint density at radius 2 is 1.64 bits per heavy atom. The number of nitrogens with zero attached hydrogens (tertiary/aromatic N) is 3. The number of anilines is 2. The van der Waals surface area contributed by atoms with E-state index in [9.17, 15) is 23.9 Å². The van der Waals surface area contributed by atoms with Gasteiger partial charge in [-0.2, -0.15) is 0 Å². The van der Waals surface area contributed by atoms with E-state index >= 15 is 0 Å². The first-order valence-corrected chi connectivity index (χ1v) is 11.7. The summed E-state index contributed by atoms with van der Waals surface area (Å²) >= 11 is 0. The van der Waals surface area contributed by atoms with Crippen LogP contribution in [-0.2, 0) is 4.79 Å². The molecule has 0 spiro atoms. The summed E-state index contributed by atoms with van der Waals surface area (Å²) in [6.45, 7) is 6.65. The average molecular weight is 603 g/mol. The number of carbonyl (C=O) groups is 3. The van der Waals surface area contributed by atoms with Crippen molar-refractivity contribution in [3.63, 3.8) is 0 Å². The second kappa shape index (κ2) is 14.8. The molecule has 4 rings (SSSR count). The molecule has 3 aromatic rings. The summed E-state index contributed by atoms with van der Waals surface area (Å²) in [5.74, 6) is -1.88. The number of hydrogen-bond donors (Lipinski definition) is 3. The number of pyridine rings is 1. The molecular formula is C26H31Cl3FN5O4. The fourth-order valence-corrected chi connectivity index (χ4v) is 4.18. The van der Waals surface area contributed by atoms with Crippen LogP contribution in [0.15, 0.2) is 48.5 Å². The van der Waals surface area contributed by atoms with Crippen LogP contribution >= 0.6 is 37.2 Å². The normalized spacial score (nSPS) is 13.1. The van der Waals surface area contributed by atoms with Gasteiger partial charge in [0, 0.05) is 43.3 Å². The fraction of sp³-hybridized carbons (Fsp3) is 0.308. The molecule has 2 aromatic carbocycles. The van der Waals surface area contributed by atoms with Crippen LogP contribution in [0.3, 0.4) is 0 Å². The third kappa shape index (κ3) is 8.40. The van der Waals surface area contributed by atoms with Crippen molar-refractivity contribution in [3.05, 3.63) is 65.5 Å². The fourth-order valence-electron chi connectivity index (χ4n) is 4.18. The molecule has 0 bridgehead atoms. The van der Waals surface area contributed by atoms with E-state index in [1.165, 1.54) is 30.3 Å². The van der Waals surface area contributed by atoms with Crippen molar-refractivity contribution in [2.75, 3.05) is 42.9 Å². The van der Waals surface area contributed by atoms with E-state index in [4.69, 9.17) is 0 Å². The third-order valence-electron chi connectivity index (χ3n) is 5.92. The highest BCUT2D eigenvalue weighted by atomic mass is 35.5. The third-order valence-corrected chi connectivity index (χ3v) is 5.92. The number of halogens is 4. The Morgan fingerprint density at radius 3 is 2.26 bits per heavy atom. The smallest absolute Gasteiger partial charge is 0.336 e. The van der Waals surface area contributed by atoms with E-state index in [1.807, 2.05) is 18.7 Å².